The zero-order valence-electron chi connectivity index (χ0n) is 11.7. The van der Waals surface area contributed by atoms with Crippen LogP contribution in [0.15, 0.2) is 42.5 Å². The summed E-state index contributed by atoms with van der Waals surface area (Å²) < 4.78 is 24.6. The number of ether oxygens (including phenoxy) is 2. The first-order valence-electron chi connectivity index (χ1n) is 6.54. The van der Waals surface area contributed by atoms with Crippen molar-refractivity contribution >= 4 is 0 Å². The first-order chi connectivity index (χ1) is 9.72. The van der Waals surface area contributed by atoms with Crippen LogP contribution in [0.2, 0.25) is 0 Å². The zero-order chi connectivity index (χ0) is 14.4. The summed E-state index contributed by atoms with van der Waals surface area (Å²) >= 11 is 0. The van der Waals surface area contributed by atoms with Gasteiger partial charge in [0.2, 0.25) is 0 Å². The van der Waals surface area contributed by atoms with Crippen molar-refractivity contribution in [2.45, 2.75) is 13.5 Å². The molecule has 4 heteroatoms. The van der Waals surface area contributed by atoms with Crippen LogP contribution in [0.25, 0.3) is 0 Å². The summed E-state index contributed by atoms with van der Waals surface area (Å²) in [6.07, 6.45) is 0. The Kier molecular flexibility index (Phi) is 4.96. The van der Waals surface area contributed by atoms with Crippen LogP contribution in [0.5, 0.6) is 17.2 Å². The lowest BCUT2D eigenvalue weighted by atomic mass is 10.2. The highest BCUT2D eigenvalue weighted by molar-refractivity contribution is 5.38. The van der Waals surface area contributed by atoms with Crippen LogP contribution in [0.1, 0.15) is 12.5 Å². The van der Waals surface area contributed by atoms with Gasteiger partial charge in [0.15, 0.2) is 11.6 Å². The number of methoxy groups -OCH3 is 1. The minimum Gasteiger partial charge on any atom is -0.497 e. The molecule has 0 amide bonds. The van der Waals surface area contributed by atoms with E-state index in [1.54, 1.807) is 31.4 Å². The molecule has 106 valence electrons. The molecule has 0 fully saturated rings. The molecule has 20 heavy (non-hydrogen) atoms. The van der Waals surface area contributed by atoms with Crippen molar-refractivity contribution in [2.75, 3.05) is 13.7 Å². The van der Waals surface area contributed by atoms with E-state index in [1.807, 2.05) is 19.1 Å². The Morgan fingerprint density at radius 1 is 1.10 bits per heavy atom. The molecule has 1 N–H and O–H groups in total. The topological polar surface area (TPSA) is 30.5 Å². The highest BCUT2D eigenvalue weighted by atomic mass is 19.1. The Labute approximate surface area is 118 Å². The Balaban J connectivity index is 2.12. The van der Waals surface area contributed by atoms with E-state index in [1.165, 1.54) is 6.07 Å². The summed E-state index contributed by atoms with van der Waals surface area (Å²) in [7, 11) is 1.58. The first kappa shape index (κ1) is 14.3. The third kappa shape index (κ3) is 3.71. The molecule has 0 saturated carbocycles. The molecule has 2 rings (SSSR count). The van der Waals surface area contributed by atoms with Crippen LogP contribution in [-0.4, -0.2) is 13.7 Å². The van der Waals surface area contributed by atoms with Gasteiger partial charge in [0.1, 0.15) is 11.5 Å². The SMILES string of the molecule is CCNCc1ccc(Oc2cccc(OC)c2)c(F)c1. The lowest BCUT2D eigenvalue weighted by molar-refractivity contribution is 0.405. The van der Waals surface area contributed by atoms with Crippen molar-refractivity contribution in [3.05, 3.63) is 53.8 Å². The number of rotatable bonds is 6. The predicted molar refractivity (Wildman–Crippen MR) is 76.8 cm³/mol. The molecule has 0 bridgehead atoms. The van der Waals surface area contributed by atoms with Gasteiger partial charge in [0.25, 0.3) is 0 Å². The van der Waals surface area contributed by atoms with E-state index in [4.69, 9.17) is 9.47 Å². The van der Waals surface area contributed by atoms with Crippen molar-refractivity contribution in [3.8, 4) is 17.2 Å². The summed E-state index contributed by atoms with van der Waals surface area (Å²) in [5, 5.41) is 3.15. The fourth-order valence-corrected chi connectivity index (χ4v) is 1.80. The molecule has 0 saturated heterocycles. The van der Waals surface area contributed by atoms with Crippen molar-refractivity contribution in [1.82, 2.24) is 5.32 Å². The standard InChI is InChI=1S/C16H18FNO2/c1-3-18-11-12-7-8-16(15(17)9-12)20-14-6-4-5-13(10-14)19-2/h4-10,18H,3,11H2,1-2H3. The average molecular weight is 275 g/mol. The van der Waals surface area contributed by atoms with Crippen LogP contribution in [-0.2, 0) is 6.54 Å². The molecule has 2 aromatic rings. The van der Waals surface area contributed by atoms with Gasteiger partial charge in [-0.05, 0) is 36.4 Å². The Morgan fingerprint density at radius 2 is 1.90 bits per heavy atom. The van der Waals surface area contributed by atoms with Gasteiger partial charge in [-0.15, -0.1) is 0 Å². The number of halogens is 1. The predicted octanol–water partition coefficient (Wildman–Crippen LogP) is 3.74. The van der Waals surface area contributed by atoms with E-state index < -0.39 is 0 Å². The van der Waals surface area contributed by atoms with Crippen LogP contribution in [0.4, 0.5) is 4.39 Å². The lowest BCUT2D eigenvalue weighted by Crippen LogP contribution is -2.11. The highest BCUT2D eigenvalue weighted by Gasteiger charge is 2.06. The third-order valence-corrected chi connectivity index (χ3v) is 2.84. The average Bonchev–Trinajstić information content (AvgIpc) is 2.48. The summed E-state index contributed by atoms with van der Waals surface area (Å²) in [5.41, 5.74) is 0.891. The maximum Gasteiger partial charge on any atom is 0.166 e. The fourth-order valence-electron chi connectivity index (χ4n) is 1.80. The van der Waals surface area contributed by atoms with Gasteiger partial charge in [0.05, 0.1) is 7.11 Å². The minimum absolute atomic E-state index is 0.207. The summed E-state index contributed by atoms with van der Waals surface area (Å²) in [5.74, 6) is 1.05. The monoisotopic (exact) mass is 275 g/mol. The van der Waals surface area contributed by atoms with Gasteiger partial charge in [-0.25, -0.2) is 4.39 Å². The smallest absolute Gasteiger partial charge is 0.166 e. The molecule has 0 aromatic heterocycles. The number of hydrogen-bond donors (Lipinski definition) is 1. The maximum atomic E-state index is 14.0. The van der Waals surface area contributed by atoms with E-state index in [9.17, 15) is 4.39 Å². The van der Waals surface area contributed by atoms with Crippen molar-refractivity contribution in [1.29, 1.82) is 0 Å². The first-order valence-corrected chi connectivity index (χ1v) is 6.54. The van der Waals surface area contributed by atoms with Gasteiger partial charge < -0.3 is 14.8 Å². The van der Waals surface area contributed by atoms with Crippen LogP contribution < -0.4 is 14.8 Å². The molecular weight excluding hydrogens is 257 g/mol. The second-order valence-electron chi connectivity index (χ2n) is 4.33. The molecule has 0 radical (unpaired) electrons. The molecule has 0 heterocycles. The fraction of sp³-hybridized carbons (Fsp3) is 0.250. The van der Waals surface area contributed by atoms with E-state index in [-0.39, 0.29) is 11.6 Å². The quantitative estimate of drug-likeness (QED) is 0.871. The molecule has 0 aliphatic rings. The second kappa shape index (κ2) is 6.91. The van der Waals surface area contributed by atoms with E-state index in [2.05, 4.69) is 5.32 Å². The molecule has 0 unspecified atom stereocenters. The van der Waals surface area contributed by atoms with Gasteiger partial charge in [-0.1, -0.05) is 19.1 Å². The maximum absolute atomic E-state index is 14.0. The van der Waals surface area contributed by atoms with Crippen LogP contribution in [0, 0.1) is 5.82 Å². The number of hydrogen-bond acceptors (Lipinski definition) is 3. The van der Waals surface area contributed by atoms with E-state index >= 15 is 0 Å². The largest absolute Gasteiger partial charge is 0.497 e. The van der Waals surface area contributed by atoms with Crippen molar-refractivity contribution in [3.63, 3.8) is 0 Å². The molecule has 0 aliphatic heterocycles. The van der Waals surface area contributed by atoms with Gasteiger partial charge in [-0.3, -0.25) is 0 Å². The summed E-state index contributed by atoms with van der Waals surface area (Å²) in [6.45, 7) is 3.51. The van der Waals surface area contributed by atoms with Gasteiger partial charge in [-0.2, -0.15) is 0 Å². The number of nitrogens with one attached hydrogen (secondary N) is 1. The molecule has 3 nitrogen and oxygen atoms in total. The minimum atomic E-state index is -0.372. The number of benzene rings is 2. The zero-order valence-corrected chi connectivity index (χ0v) is 11.7. The Bertz CT molecular complexity index is 572. The van der Waals surface area contributed by atoms with E-state index in [0.29, 0.717) is 18.0 Å². The highest BCUT2D eigenvalue weighted by Crippen LogP contribution is 2.27. The van der Waals surface area contributed by atoms with Crippen molar-refractivity contribution < 1.29 is 13.9 Å². The second-order valence-corrected chi connectivity index (χ2v) is 4.33. The molecular formula is C16H18FNO2. The van der Waals surface area contributed by atoms with E-state index in [0.717, 1.165) is 12.1 Å². The molecule has 0 spiro atoms. The molecule has 2 aromatic carbocycles. The van der Waals surface area contributed by atoms with Gasteiger partial charge >= 0.3 is 0 Å². The van der Waals surface area contributed by atoms with Crippen molar-refractivity contribution in [2.24, 2.45) is 0 Å². The Morgan fingerprint density at radius 3 is 2.60 bits per heavy atom. The van der Waals surface area contributed by atoms with Crippen LogP contribution in [0.3, 0.4) is 0 Å². The summed E-state index contributed by atoms with van der Waals surface area (Å²) in [4.78, 5) is 0. The third-order valence-electron chi connectivity index (χ3n) is 2.84. The summed E-state index contributed by atoms with van der Waals surface area (Å²) in [6, 6.07) is 12.1. The van der Waals surface area contributed by atoms with Crippen LogP contribution >= 0.6 is 0 Å². The molecule has 0 aliphatic carbocycles. The van der Waals surface area contributed by atoms with Gasteiger partial charge in [0, 0.05) is 12.6 Å². The lowest BCUT2D eigenvalue weighted by Gasteiger charge is -2.09. The normalized spacial score (nSPS) is 10.3. The Hall–Kier alpha value is -2.07. The molecule has 0 atom stereocenters.